The number of amides is 1. The molecule has 0 aromatic heterocycles. The Morgan fingerprint density at radius 3 is 2.67 bits per heavy atom. The van der Waals surface area contributed by atoms with Crippen molar-refractivity contribution in [1.29, 1.82) is 0 Å². The third-order valence-electron chi connectivity index (χ3n) is 4.15. The summed E-state index contributed by atoms with van der Waals surface area (Å²) in [5, 5.41) is 15.9. The number of carbonyl (C=O) groups is 1. The van der Waals surface area contributed by atoms with E-state index in [0.29, 0.717) is 18.3 Å². The first kappa shape index (κ1) is 15.4. The van der Waals surface area contributed by atoms with Crippen LogP contribution in [0.25, 0.3) is 0 Å². The largest absolute Gasteiger partial charge is 0.391 e. The third kappa shape index (κ3) is 4.58. The molecule has 0 saturated carbocycles. The first-order chi connectivity index (χ1) is 8.33. The molecule has 4 heteroatoms. The molecule has 0 aromatic rings. The lowest BCUT2D eigenvalue weighted by Crippen LogP contribution is -2.51. The van der Waals surface area contributed by atoms with Crippen molar-refractivity contribution in [3.8, 4) is 0 Å². The lowest BCUT2D eigenvalue weighted by molar-refractivity contribution is -0.125. The minimum Gasteiger partial charge on any atom is -0.391 e. The summed E-state index contributed by atoms with van der Waals surface area (Å²) in [6.07, 6.45) is 2.41. The fraction of sp³-hybridized carbons (Fsp3) is 0.929. The van der Waals surface area contributed by atoms with Crippen LogP contribution >= 0.6 is 0 Å². The number of nitrogens with one attached hydrogen (secondary N) is 2. The number of hydrogen-bond donors (Lipinski definition) is 3. The zero-order valence-corrected chi connectivity index (χ0v) is 12.1. The molecule has 0 radical (unpaired) electrons. The molecule has 1 rings (SSSR count). The number of aliphatic hydroxyl groups is 1. The first-order valence-corrected chi connectivity index (χ1v) is 7.02. The maximum atomic E-state index is 12.0. The Balaban J connectivity index is 2.39. The maximum Gasteiger partial charge on any atom is 0.220 e. The van der Waals surface area contributed by atoms with E-state index in [9.17, 15) is 9.90 Å². The van der Waals surface area contributed by atoms with Gasteiger partial charge in [0.25, 0.3) is 0 Å². The van der Waals surface area contributed by atoms with Crippen molar-refractivity contribution < 1.29 is 9.90 Å². The fourth-order valence-corrected chi connectivity index (χ4v) is 2.34. The second-order valence-electron chi connectivity index (χ2n) is 6.23. The lowest BCUT2D eigenvalue weighted by Gasteiger charge is -2.32. The van der Waals surface area contributed by atoms with Crippen LogP contribution < -0.4 is 10.6 Å². The van der Waals surface area contributed by atoms with Crippen molar-refractivity contribution in [2.75, 3.05) is 13.1 Å². The molecule has 3 unspecified atom stereocenters. The fourth-order valence-electron chi connectivity index (χ4n) is 2.34. The van der Waals surface area contributed by atoms with Gasteiger partial charge in [-0.3, -0.25) is 4.79 Å². The highest BCUT2D eigenvalue weighted by atomic mass is 16.3. The van der Waals surface area contributed by atoms with Crippen molar-refractivity contribution in [3.63, 3.8) is 0 Å². The van der Waals surface area contributed by atoms with Crippen LogP contribution in [0.15, 0.2) is 0 Å². The predicted octanol–water partition coefficient (Wildman–Crippen LogP) is 1.29. The Kier molecular flexibility index (Phi) is 5.60. The summed E-state index contributed by atoms with van der Waals surface area (Å²) >= 11 is 0. The van der Waals surface area contributed by atoms with E-state index >= 15 is 0 Å². The highest BCUT2D eigenvalue weighted by Gasteiger charge is 2.28. The van der Waals surface area contributed by atoms with Gasteiger partial charge < -0.3 is 15.7 Å². The molecular weight excluding hydrogens is 228 g/mol. The van der Waals surface area contributed by atoms with Gasteiger partial charge in [-0.1, -0.05) is 6.92 Å². The first-order valence-electron chi connectivity index (χ1n) is 7.02. The zero-order chi connectivity index (χ0) is 13.8. The molecule has 1 aliphatic rings. The molecule has 1 saturated heterocycles. The Labute approximate surface area is 111 Å². The van der Waals surface area contributed by atoms with Crippen molar-refractivity contribution in [3.05, 3.63) is 0 Å². The van der Waals surface area contributed by atoms with Gasteiger partial charge in [-0.2, -0.15) is 0 Å². The quantitative estimate of drug-likeness (QED) is 0.694. The lowest BCUT2D eigenvalue weighted by atomic mass is 9.85. The van der Waals surface area contributed by atoms with E-state index in [4.69, 9.17) is 0 Å². The zero-order valence-electron chi connectivity index (χ0n) is 12.1. The molecule has 1 fully saturated rings. The van der Waals surface area contributed by atoms with Crippen molar-refractivity contribution in [2.45, 2.75) is 58.6 Å². The molecule has 18 heavy (non-hydrogen) atoms. The second kappa shape index (κ2) is 6.53. The molecule has 0 aliphatic carbocycles. The van der Waals surface area contributed by atoms with Crippen LogP contribution in [-0.4, -0.2) is 35.7 Å². The molecule has 4 nitrogen and oxygen atoms in total. The number of carbonyl (C=O) groups excluding carboxylic acids is 1. The topological polar surface area (TPSA) is 61.4 Å². The van der Waals surface area contributed by atoms with E-state index in [1.54, 1.807) is 6.92 Å². The number of aliphatic hydroxyl groups excluding tert-OH is 1. The van der Waals surface area contributed by atoms with Crippen LogP contribution in [0, 0.1) is 11.8 Å². The number of rotatable bonds is 5. The van der Waals surface area contributed by atoms with Crippen LogP contribution in [0.2, 0.25) is 0 Å². The Bertz CT molecular complexity index is 271. The molecule has 3 atom stereocenters. The van der Waals surface area contributed by atoms with Gasteiger partial charge in [-0.15, -0.1) is 0 Å². The van der Waals surface area contributed by atoms with E-state index in [-0.39, 0.29) is 5.91 Å². The van der Waals surface area contributed by atoms with E-state index in [0.717, 1.165) is 13.1 Å². The highest BCUT2D eigenvalue weighted by molar-refractivity contribution is 5.77. The minimum atomic E-state index is -0.554. The summed E-state index contributed by atoms with van der Waals surface area (Å²) in [5.74, 6) is 1.03. The van der Waals surface area contributed by atoms with E-state index < -0.39 is 11.6 Å². The van der Waals surface area contributed by atoms with Crippen molar-refractivity contribution in [1.82, 2.24) is 10.6 Å². The molecule has 1 heterocycles. The van der Waals surface area contributed by atoms with Crippen molar-refractivity contribution in [2.24, 2.45) is 11.8 Å². The third-order valence-corrected chi connectivity index (χ3v) is 4.15. The minimum absolute atomic E-state index is 0.0407. The van der Waals surface area contributed by atoms with Gasteiger partial charge in [0.2, 0.25) is 5.91 Å². The van der Waals surface area contributed by atoms with Gasteiger partial charge in [0.05, 0.1) is 11.6 Å². The van der Waals surface area contributed by atoms with Gasteiger partial charge in [-0.05, 0) is 58.5 Å². The van der Waals surface area contributed by atoms with Gasteiger partial charge in [0.1, 0.15) is 0 Å². The number of piperidine rings is 1. The smallest absolute Gasteiger partial charge is 0.220 e. The summed E-state index contributed by atoms with van der Waals surface area (Å²) in [5.41, 5.74) is -0.554. The number of hydrogen-bond acceptors (Lipinski definition) is 3. The molecule has 106 valence electrons. The van der Waals surface area contributed by atoms with Gasteiger partial charge >= 0.3 is 0 Å². The van der Waals surface area contributed by atoms with Crippen LogP contribution in [0.4, 0.5) is 0 Å². The second-order valence-corrected chi connectivity index (χ2v) is 6.23. The Hall–Kier alpha value is -0.610. The van der Waals surface area contributed by atoms with E-state index in [1.165, 1.54) is 12.8 Å². The maximum absolute atomic E-state index is 12.0. The summed E-state index contributed by atoms with van der Waals surface area (Å²) in [6, 6.07) is 0. The average molecular weight is 256 g/mol. The van der Waals surface area contributed by atoms with E-state index in [2.05, 4.69) is 17.6 Å². The molecule has 3 N–H and O–H groups in total. The molecule has 1 amide bonds. The monoisotopic (exact) mass is 256 g/mol. The summed E-state index contributed by atoms with van der Waals surface area (Å²) in [4.78, 5) is 12.0. The molecular formula is C14H28N2O2. The highest BCUT2D eigenvalue weighted by Crippen LogP contribution is 2.22. The molecule has 0 spiro atoms. The average Bonchev–Trinajstić information content (AvgIpc) is 2.29. The van der Waals surface area contributed by atoms with Gasteiger partial charge in [0.15, 0.2) is 0 Å². The summed E-state index contributed by atoms with van der Waals surface area (Å²) in [6.45, 7) is 9.67. The summed E-state index contributed by atoms with van der Waals surface area (Å²) in [7, 11) is 0. The van der Waals surface area contributed by atoms with E-state index in [1.807, 2.05) is 13.8 Å². The molecule has 1 aliphatic heterocycles. The standard InChI is InChI=1S/C14H28N2O2/c1-10(12-6-5-7-15-9-12)8-13(18)16-14(3,4)11(2)17/h10-12,15,17H,5-9H2,1-4H3,(H,16,18). The normalized spacial score (nSPS) is 24.4. The van der Waals surface area contributed by atoms with Gasteiger partial charge in [-0.25, -0.2) is 0 Å². The summed E-state index contributed by atoms with van der Waals surface area (Å²) < 4.78 is 0. The molecule has 0 aromatic carbocycles. The van der Waals surface area contributed by atoms with Crippen LogP contribution in [0.5, 0.6) is 0 Å². The van der Waals surface area contributed by atoms with Crippen LogP contribution in [0.3, 0.4) is 0 Å². The van der Waals surface area contributed by atoms with Crippen LogP contribution in [0.1, 0.15) is 47.0 Å². The Morgan fingerprint density at radius 2 is 2.17 bits per heavy atom. The molecule has 0 bridgehead atoms. The predicted molar refractivity (Wildman–Crippen MR) is 73.3 cm³/mol. The van der Waals surface area contributed by atoms with Gasteiger partial charge in [0, 0.05) is 6.42 Å². The van der Waals surface area contributed by atoms with Crippen LogP contribution in [-0.2, 0) is 4.79 Å². The Morgan fingerprint density at radius 1 is 1.50 bits per heavy atom. The van der Waals surface area contributed by atoms with Crippen molar-refractivity contribution >= 4 is 5.91 Å². The SMILES string of the molecule is CC(CC(=O)NC(C)(C)C(C)O)C1CCCNC1.